The lowest BCUT2D eigenvalue weighted by Gasteiger charge is -2.07. The summed E-state index contributed by atoms with van der Waals surface area (Å²) in [7, 11) is 0. The molecule has 0 fully saturated rings. The largest absolute Gasteiger partial charge is 0.494 e. The third-order valence-electron chi connectivity index (χ3n) is 3.06. The highest BCUT2D eigenvalue weighted by atomic mass is 35.5. The van der Waals surface area contributed by atoms with E-state index in [0.29, 0.717) is 11.7 Å². The van der Waals surface area contributed by atoms with Crippen LogP contribution < -0.4 is 10.1 Å². The minimum atomic E-state index is -0.589. The topological polar surface area (TPSA) is 64.1 Å². The van der Waals surface area contributed by atoms with Gasteiger partial charge in [-0.1, -0.05) is 17.4 Å². The van der Waals surface area contributed by atoms with Crippen LogP contribution in [0.1, 0.15) is 29.5 Å². The fraction of sp³-hybridized carbons (Fsp3) is 0.438. The van der Waals surface area contributed by atoms with E-state index < -0.39 is 5.38 Å². The van der Waals surface area contributed by atoms with Crippen molar-refractivity contribution in [2.75, 3.05) is 11.9 Å². The van der Waals surface area contributed by atoms with E-state index >= 15 is 0 Å². The molecule has 0 bridgehead atoms. The Morgan fingerprint density at radius 3 is 2.65 bits per heavy atom. The molecule has 124 valence electrons. The van der Waals surface area contributed by atoms with E-state index in [9.17, 15) is 4.79 Å². The van der Waals surface area contributed by atoms with Gasteiger partial charge in [-0.2, -0.15) is 0 Å². The van der Waals surface area contributed by atoms with Crippen LogP contribution in [-0.2, 0) is 11.2 Å². The number of nitrogens with one attached hydrogen (secondary N) is 1. The van der Waals surface area contributed by atoms with E-state index in [0.717, 1.165) is 23.6 Å². The summed E-state index contributed by atoms with van der Waals surface area (Å²) in [4.78, 5) is 11.5. The van der Waals surface area contributed by atoms with Gasteiger partial charge in [-0.25, -0.2) is 0 Å². The van der Waals surface area contributed by atoms with E-state index in [1.165, 1.54) is 22.5 Å². The molecule has 5 nitrogen and oxygen atoms in total. The van der Waals surface area contributed by atoms with Crippen molar-refractivity contribution in [3.8, 4) is 5.75 Å². The minimum Gasteiger partial charge on any atom is -0.494 e. The van der Waals surface area contributed by atoms with Gasteiger partial charge in [-0.3, -0.25) is 10.1 Å². The Morgan fingerprint density at radius 1 is 1.30 bits per heavy atom. The molecule has 7 heteroatoms. The first kappa shape index (κ1) is 17.7. The maximum absolute atomic E-state index is 11.5. The zero-order chi connectivity index (χ0) is 16.8. The first-order valence-electron chi connectivity index (χ1n) is 7.42. The number of carbonyl (C=O) groups is 1. The van der Waals surface area contributed by atoms with Crippen molar-refractivity contribution < 1.29 is 9.53 Å². The van der Waals surface area contributed by atoms with Crippen LogP contribution in [-0.4, -0.2) is 28.1 Å². The van der Waals surface area contributed by atoms with E-state index in [1.807, 2.05) is 12.1 Å². The molecule has 2 rings (SSSR count). The van der Waals surface area contributed by atoms with E-state index in [1.54, 1.807) is 6.92 Å². The van der Waals surface area contributed by atoms with E-state index in [4.69, 9.17) is 16.3 Å². The standard InChI is InChI=1S/C16H20ClN3O2S/c1-10-7-11(2)9-13(8-10)22-6-4-5-14-19-20-16(23-14)18-15(21)12(3)17/h7-9,12H,4-6H2,1-3H3,(H,18,20,21). The lowest BCUT2D eigenvalue weighted by molar-refractivity contribution is -0.115. The molecule has 1 unspecified atom stereocenters. The smallest absolute Gasteiger partial charge is 0.243 e. The molecule has 1 amide bonds. The number of rotatable bonds is 7. The van der Waals surface area contributed by atoms with Crippen LogP contribution in [0.15, 0.2) is 18.2 Å². The lowest BCUT2D eigenvalue weighted by Crippen LogP contribution is -2.20. The van der Waals surface area contributed by atoms with Gasteiger partial charge in [0, 0.05) is 6.42 Å². The highest BCUT2D eigenvalue weighted by Gasteiger charge is 2.12. The molecule has 0 radical (unpaired) electrons. The number of amides is 1. The Balaban J connectivity index is 1.76. The van der Waals surface area contributed by atoms with Crippen molar-refractivity contribution in [3.63, 3.8) is 0 Å². The molecule has 1 atom stereocenters. The van der Waals surface area contributed by atoms with Crippen molar-refractivity contribution in [3.05, 3.63) is 34.3 Å². The van der Waals surface area contributed by atoms with Crippen LogP contribution >= 0.6 is 22.9 Å². The molecule has 1 heterocycles. The second kappa shape index (κ2) is 8.26. The van der Waals surface area contributed by atoms with Crippen LogP contribution in [0.3, 0.4) is 0 Å². The molecule has 0 spiro atoms. The molecule has 0 saturated carbocycles. The predicted octanol–water partition coefficient (Wildman–Crippen LogP) is 3.73. The zero-order valence-electron chi connectivity index (χ0n) is 13.4. The fourth-order valence-corrected chi connectivity index (χ4v) is 2.88. The number of alkyl halides is 1. The maximum atomic E-state index is 11.5. The number of halogens is 1. The third-order valence-corrected chi connectivity index (χ3v) is 4.15. The molecule has 2 aromatic rings. The summed E-state index contributed by atoms with van der Waals surface area (Å²) in [6.45, 7) is 6.34. The first-order chi connectivity index (χ1) is 10.9. The quantitative estimate of drug-likeness (QED) is 0.608. The van der Waals surface area contributed by atoms with Crippen molar-refractivity contribution in [2.24, 2.45) is 0 Å². The van der Waals surface area contributed by atoms with Gasteiger partial charge in [-0.15, -0.1) is 21.8 Å². The maximum Gasteiger partial charge on any atom is 0.243 e. The zero-order valence-corrected chi connectivity index (χ0v) is 15.0. The number of ether oxygens (including phenoxy) is 1. The number of benzene rings is 1. The average Bonchev–Trinajstić information content (AvgIpc) is 2.90. The lowest BCUT2D eigenvalue weighted by atomic mass is 10.1. The molecule has 1 N–H and O–H groups in total. The van der Waals surface area contributed by atoms with Crippen LogP contribution in [0.25, 0.3) is 0 Å². The summed E-state index contributed by atoms with van der Waals surface area (Å²) >= 11 is 7.06. The van der Waals surface area contributed by atoms with E-state index in [2.05, 4.69) is 35.4 Å². The summed E-state index contributed by atoms with van der Waals surface area (Å²) in [5, 5.41) is 11.4. The van der Waals surface area contributed by atoms with Gasteiger partial charge in [0.05, 0.1) is 6.61 Å². The highest BCUT2D eigenvalue weighted by Crippen LogP contribution is 2.19. The minimum absolute atomic E-state index is 0.271. The molecule has 23 heavy (non-hydrogen) atoms. The number of hydrogen-bond acceptors (Lipinski definition) is 5. The Kier molecular flexibility index (Phi) is 6.36. The molecule has 1 aromatic heterocycles. The van der Waals surface area contributed by atoms with Crippen molar-refractivity contribution in [1.82, 2.24) is 10.2 Å². The molecule has 0 saturated heterocycles. The number of hydrogen-bond donors (Lipinski definition) is 1. The van der Waals surface area contributed by atoms with E-state index in [-0.39, 0.29) is 5.91 Å². The number of nitrogens with zero attached hydrogens (tertiary/aromatic N) is 2. The first-order valence-corrected chi connectivity index (χ1v) is 8.68. The van der Waals surface area contributed by atoms with Crippen molar-refractivity contribution >= 4 is 34.0 Å². The Morgan fingerprint density at radius 2 is 2.00 bits per heavy atom. The molecule has 0 aliphatic heterocycles. The van der Waals surface area contributed by atoms with Gasteiger partial charge >= 0.3 is 0 Å². The predicted molar refractivity (Wildman–Crippen MR) is 93.6 cm³/mol. The Labute approximate surface area is 145 Å². The third kappa shape index (κ3) is 5.80. The van der Waals surface area contributed by atoms with Crippen LogP contribution in [0.4, 0.5) is 5.13 Å². The van der Waals surface area contributed by atoms with Gasteiger partial charge in [0.15, 0.2) is 0 Å². The monoisotopic (exact) mass is 353 g/mol. The SMILES string of the molecule is Cc1cc(C)cc(OCCCc2nnc(NC(=O)C(C)Cl)s2)c1. The highest BCUT2D eigenvalue weighted by molar-refractivity contribution is 7.15. The van der Waals surface area contributed by atoms with Gasteiger partial charge in [-0.05, 0) is 50.5 Å². The summed E-state index contributed by atoms with van der Waals surface area (Å²) in [5.41, 5.74) is 2.39. The van der Waals surface area contributed by atoms with Gasteiger partial charge < -0.3 is 4.74 Å². The van der Waals surface area contributed by atoms with Crippen LogP contribution in [0, 0.1) is 13.8 Å². The summed E-state index contributed by atoms with van der Waals surface area (Å²) in [5.74, 6) is 0.622. The number of aryl methyl sites for hydroxylation is 3. The van der Waals surface area contributed by atoms with Crippen molar-refractivity contribution in [2.45, 2.75) is 39.0 Å². The summed E-state index contributed by atoms with van der Waals surface area (Å²) < 4.78 is 5.76. The van der Waals surface area contributed by atoms with Crippen molar-refractivity contribution in [1.29, 1.82) is 0 Å². The second-order valence-electron chi connectivity index (χ2n) is 5.38. The van der Waals surface area contributed by atoms with Gasteiger partial charge in [0.25, 0.3) is 0 Å². The summed E-state index contributed by atoms with van der Waals surface area (Å²) in [6, 6.07) is 6.17. The Bertz CT molecular complexity index is 653. The molecule has 0 aliphatic carbocycles. The molecule has 0 aliphatic rings. The van der Waals surface area contributed by atoms with Gasteiger partial charge in [0.1, 0.15) is 16.1 Å². The normalized spacial score (nSPS) is 12.0. The van der Waals surface area contributed by atoms with Crippen LogP contribution in [0.2, 0.25) is 0 Å². The Hall–Kier alpha value is -1.66. The molecular weight excluding hydrogens is 334 g/mol. The van der Waals surface area contributed by atoms with Gasteiger partial charge in [0.2, 0.25) is 11.0 Å². The molecular formula is C16H20ClN3O2S. The second-order valence-corrected chi connectivity index (χ2v) is 7.10. The fourth-order valence-electron chi connectivity index (χ4n) is 2.04. The summed E-state index contributed by atoms with van der Waals surface area (Å²) in [6.07, 6.45) is 1.59. The number of aromatic nitrogens is 2. The van der Waals surface area contributed by atoms with Crippen LogP contribution in [0.5, 0.6) is 5.75 Å². The average molecular weight is 354 g/mol. The number of carbonyl (C=O) groups excluding carboxylic acids is 1. The molecule has 1 aromatic carbocycles. The number of anilines is 1.